The third-order valence-electron chi connectivity index (χ3n) is 5.47. The number of hydrogen-bond acceptors (Lipinski definition) is 10. The zero-order valence-corrected chi connectivity index (χ0v) is 22.1. The van der Waals surface area contributed by atoms with Gasteiger partial charge in [-0.1, -0.05) is 83.8 Å². The summed E-state index contributed by atoms with van der Waals surface area (Å²) in [4.78, 5) is 14.2. The van der Waals surface area contributed by atoms with Gasteiger partial charge in [0, 0.05) is 12.9 Å². The van der Waals surface area contributed by atoms with Crippen LogP contribution in [0.25, 0.3) is 10.3 Å². The molecule has 36 heavy (non-hydrogen) atoms. The molecule has 190 valence electrons. The first kappa shape index (κ1) is 26.3. The number of nitrogens with zero attached hydrogens (tertiary/aromatic N) is 3. The van der Waals surface area contributed by atoms with Crippen LogP contribution in [0.1, 0.15) is 31.1 Å². The van der Waals surface area contributed by atoms with Crippen LogP contribution >= 0.6 is 23.1 Å². The number of ether oxygens (including phenoxy) is 1. The van der Waals surface area contributed by atoms with Gasteiger partial charge in [0.25, 0.3) is 0 Å². The van der Waals surface area contributed by atoms with E-state index in [1.165, 1.54) is 28.7 Å². The number of hydrogen-bond donors (Lipinski definition) is 4. The van der Waals surface area contributed by atoms with Gasteiger partial charge < -0.3 is 25.6 Å². The number of anilines is 2. The molecule has 0 amide bonds. The topological polar surface area (TPSA) is 112 Å². The molecule has 0 saturated carbocycles. The minimum absolute atomic E-state index is 0.0614. The van der Waals surface area contributed by atoms with Crippen LogP contribution in [0, 0.1) is 0 Å². The normalized spacial score (nSPS) is 13.5. The molecule has 4 rings (SSSR count). The predicted octanol–water partition coefficient (Wildman–Crippen LogP) is 4.72. The van der Waals surface area contributed by atoms with E-state index in [1.807, 2.05) is 62.4 Å². The van der Waals surface area contributed by atoms with Crippen molar-refractivity contribution in [3.63, 3.8) is 0 Å². The zero-order valence-electron chi connectivity index (χ0n) is 20.5. The van der Waals surface area contributed by atoms with E-state index in [0.29, 0.717) is 28.4 Å². The van der Waals surface area contributed by atoms with Crippen LogP contribution in [0.4, 0.5) is 10.9 Å². The smallest absolute Gasteiger partial charge is 0.191 e. The van der Waals surface area contributed by atoms with E-state index in [4.69, 9.17) is 19.7 Å². The fourth-order valence-corrected chi connectivity index (χ4v) is 5.24. The van der Waals surface area contributed by atoms with Gasteiger partial charge in [0.15, 0.2) is 21.8 Å². The Bertz CT molecular complexity index is 1250. The van der Waals surface area contributed by atoms with Gasteiger partial charge >= 0.3 is 0 Å². The lowest BCUT2D eigenvalue weighted by molar-refractivity contribution is 0.0956. The van der Waals surface area contributed by atoms with E-state index in [2.05, 4.69) is 22.8 Å². The molecule has 0 saturated heterocycles. The number of aliphatic hydroxyl groups is 2. The summed E-state index contributed by atoms with van der Waals surface area (Å²) in [6.45, 7) is 4.04. The average molecular weight is 526 g/mol. The van der Waals surface area contributed by atoms with Crippen molar-refractivity contribution in [1.82, 2.24) is 15.0 Å². The number of benzene rings is 2. The minimum atomic E-state index is -0.785. The quantitative estimate of drug-likeness (QED) is 0.154. The Labute approximate surface area is 219 Å². The van der Waals surface area contributed by atoms with Crippen LogP contribution in [0.2, 0.25) is 0 Å². The second-order valence-corrected chi connectivity index (χ2v) is 11.0. The first-order valence-electron chi connectivity index (χ1n) is 11.6. The number of aromatic nitrogens is 3. The van der Waals surface area contributed by atoms with Crippen molar-refractivity contribution < 1.29 is 14.9 Å². The molecule has 0 aliphatic heterocycles. The van der Waals surface area contributed by atoms with Crippen molar-refractivity contribution in [3.8, 4) is 0 Å². The molecule has 4 aromatic rings. The number of fused-ring (bicyclic) bond motifs is 1. The maximum absolute atomic E-state index is 11.0. The van der Waals surface area contributed by atoms with Crippen molar-refractivity contribution in [2.45, 2.75) is 42.4 Å². The lowest BCUT2D eigenvalue weighted by atomic mass is 10.0. The zero-order chi connectivity index (χ0) is 25.5. The van der Waals surface area contributed by atoms with E-state index in [9.17, 15) is 10.2 Å². The van der Waals surface area contributed by atoms with Gasteiger partial charge in [0.1, 0.15) is 10.8 Å². The number of thioether (sulfide) groups is 1. The third kappa shape index (κ3) is 6.71. The summed E-state index contributed by atoms with van der Waals surface area (Å²) in [5.74, 6) is 1.34. The Morgan fingerprint density at radius 2 is 1.72 bits per heavy atom. The first-order chi connectivity index (χ1) is 17.4. The van der Waals surface area contributed by atoms with E-state index in [1.54, 1.807) is 7.11 Å². The Hall–Kier alpha value is -2.76. The number of methoxy groups -OCH3 is 1. The molecule has 2 aromatic heterocycles. The SMILES string of the molecule is COC[C@@H](Nc1nc2nc(SCc3ccccc3)nc(NC(C)(C)CO)c2s1)C(O)c1ccccc1. The largest absolute Gasteiger partial charge is 0.394 e. The fourth-order valence-electron chi connectivity index (χ4n) is 3.53. The molecular formula is C26H31N5O3S2. The average Bonchev–Trinajstić information content (AvgIpc) is 3.30. The van der Waals surface area contributed by atoms with Crippen LogP contribution in [0.5, 0.6) is 0 Å². The second kappa shape index (κ2) is 12.0. The Balaban J connectivity index is 1.63. The number of thiazole rings is 1. The molecule has 10 heteroatoms. The van der Waals surface area contributed by atoms with Crippen molar-refractivity contribution >= 4 is 44.4 Å². The third-order valence-corrected chi connectivity index (χ3v) is 7.37. The van der Waals surface area contributed by atoms with Gasteiger partial charge in [-0.3, -0.25) is 0 Å². The monoisotopic (exact) mass is 525 g/mol. The molecule has 4 N–H and O–H groups in total. The van der Waals surface area contributed by atoms with Crippen LogP contribution in [0.15, 0.2) is 65.8 Å². The molecule has 2 heterocycles. The Morgan fingerprint density at radius 1 is 1.03 bits per heavy atom. The summed E-state index contributed by atoms with van der Waals surface area (Å²) in [6.07, 6.45) is -0.785. The van der Waals surface area contributed by atoms with Crippen LogP contribution in [0.3, 0.4) is 0 Å². The molecule has 8 nitrogen and oxygen atoms in total. The molecule has 0 aliphatic carbocycles. The van der Waals surface area contributed by atoms with Gasteiger partial charge in [-0.15, -0.1) is 0 Å². The van der Waals surface area contributed by atoms with Crippen molar-refractivity contribution in [2.75, 3.05) is 31.0 Å². The summed E-state index contributed by atoms with van der Waals surface area (Å²) >= 11 is 2.93. The first-order valence-corrected chi connectivity index (χ1v) is 13.4. The van der Waals surface area contributed by atoms with Crippen molar-refractivity contribution in [3.05, 3.63) is 71.8 Å². The van der Waals surface area contributed by atoms with Crippen molar-refractivity contribution in [2.24, 2.45) is 0 Å². The number of nitrogens with one attached hydrogen (secondary N) is 2. The molecule has 2 aromatic carbocycles. The van der Waals surface area contributed by atoms with Crippen LogP contribution < -0.4 is 10.6 Å². The molecule has 2 atom stereocenters. The summed E-state index contributed by atoms with van der Waals surface area (Å²) in [6, 6.07) is 19.2. The molecule has 1 unspecified atom stereocenters. The van der Waals surface area contributed by atoms with Gasteiger partial charge in [-0.25, -0.2) is 9.97 Å². The highest BCUT2D eigenvalue weighted by molar-refractivity contribution is 7.98. The summed E-state index contributed by atoms with van der Waals surface area (Å²) < 4.78 is 6.14. The van der Waals surface area contributed by atoms with Crippen molar-refractivity contribution in [1.29, 1.82) is 0 Å². The summed E-state index contributed by atoms with van der Waals surface area (Å²) in [7, 11) is 1.60. The lowest BCUT2D eigenvalue weighted by Crippen LogP contribution is -2.35. The highest BCUT2D eigenvalue weighted by atomic mass is 32.2. The van der Waals surface area contributed by atoms with Gasteiger partial charge in [0.05, 0.1) is 24.8 Å². The fraction of sp³-hybridized carbons (Fsp3) is 0.346. The van der Waals surface area contributed by atoms with Gasteiger partial charge in [-0.05, 0) is 25.0 Å². The number of rotatable bonds is 12. The summed E-state index contributed by atoms with van der Waals surface area (Å²) in [5.41, 5.74) is 1.94. The van der Waals surface area contributed by atoms with Crippen LogP contribution in [-0.2, 0) is 10.5 Å². The second-order valence-electron chi connectivity index (χ2n) is 9.03. The predicted molar refractivity (Wildman–Crippen MR) is 147 cm³/mol. The molecule has 0 spiro atoms. The number of aliphatic hydroxyl groups excluding tert-OH is 2. The minimum Gasteiger partial charge on any atom is -0.394 e. The lowest BCUT2D eigenvalue weighted by Gasteiger charge is -2.24. The molecular weight excluding hydrogens is 494 g/mol. The molecule has 0 bridgehead atoms. The standard InChI is InChI=1S/C26H31N5O3S2/c1-26(2,16-32)31-23-21-22(28-24(30-23)35-15-17-10-6-4-7-11-17)29-25(36-21)27-19(14-34-3)20(33)18-12-8-5-9-13-18/h4-13,19-20,32-33H,14-16H2,1-3H3,(H2,27,28,29,30,31)/t19-,20?/m1/s1. The van der Waals surface area contributed by atoms with E-state index in [0.717, 1.165) is 16.0 Å². The van der Waals surface area contributed by atoms with E-state index >= 15 is 0 Å². The maximum Gasteiger partial charge on any atom is 0.191 e. The van der Waals surface area contributed by atoms with Crippen LogP contribution in [-0.4, -0.2) is 57.1 Å². The molecule has 0 radical (unpaired) electrons. The van der Waals surface area contributed by atoms with Gasteiger partial charge in [-0.2, -0.15) is 4.98 Å². The van der Waals surface area contributed by atoms with E-state index < -0.39 is 17.7 Å². The molecule has 0 aliphatic rings. The summed E-state index contributed by atoms with van der Waals surface area (Å²) in [5, 5.41) is 28.7. The highest BCUT2D eigenvalue weighted by Crippen LogP contribution is 2.35. The Kier molecular flexibility index (Phi) is 8.76. The van der Waals surface area contributed by atoms with Gasteiger partial charge in [0.2, 0.25) is 0 Å². The Morgan fingerprint density at radius 3 is 2.39 bits per heavy atom. The molecule has 0 fully saturated rings. The highest BCUT2D eigenvalue weighted by Gasteiger charge is 2.25. The maximum atomic E-state index is 11.0. The van der Waals surface area contributed by atoms with E-state index in [-0.39, 0.29) is 6.61 Å².